The molecule has 1 fully saturated rings. The van der Waals surface area contributed by atoms with E-state index in [2.05, 4.69) is 19.1 Å². The van der Waals surface area contributed by atoms with Crippen molar-refractivity contribution >= 4 is 11.9 Å². The molecule has 4 heteroatoms. The van der Waals surface area contributed by atoms with Crippen molar-refractivity contribution in [1.29, 1.82) is 0 Å². The van der Waals surface area contributed by atoms with E-state index in [1.54, 1.807) is 11.9 Å². The van der Waals surface area contributed by atoms with Crippen molar-refractivity contribution in [2.75, 3.05) is 7.05 Å². The molecule has 0 heterocycles. The lowest BCUT2D eigenvalue weighted by Crippen LogP contribution is -2.39. The zero-order valence-corrected chi connectivity index (χ0v) is 12.0. The summed E-state index contributed by atoms with van der Waals surface area (Å²) in [6, 6.07) is 10.2. The Balaban J connectivity index is 1.97. The van der Waals surface area contributed by atoms with Crippen LogP contribution in [0.15, 0.2) is 30.3 Å². The van der Waals surface area contributed by atoms with Crippen LogP contribution in [0.3, 0.4) is 0 Å². The van der Waals surface area contributed by atoms with Crippen LogP contribution in [-0.2, 0) is 16.0 Å². The van der Waals surface area contributed by atoms with Crippen LogP contribution in [-0.4, -0.2) is 35.0 Å². The number of hydrogen-bond donors (Lipinski definition) is 1. The molecule has 1 aliphatic carbocycles. The predicted octanol–water partition coefficient (Wildman–Crippen LogP) is 2.19. The van der Waals surface area contributed by atoms with E-state index < -0.39 is 11.9 Å². The fraction of sp³-hybridized carbons (Fsp3) is 0.500. The molecular formula is C16H21NO3. The SMILES string of the molecule is CCC(Cc1ccccc1)N(C)C(=O)C1CC1C(=O)O. The highest BCUT2D eigenvalue weighted by Gasteiger charge is 2.49. The molecule has 20 heavy (non-hydrogen) atoms. The van der Waals surface area contributed by atoms with Gasteiger partial charge in [0.05, 0.1) is 11.8 Å². The number of aliphatic carboxylic acids is 1. The van der Waals surface area contributed by atoms with Gasteiger partial charge >= 0.3 is 5.97 Å². The number of rotatable bonds is 6. The molecule has 1 N–H and O–H groups in total. The lowest BCUT2D eigenvalue weighted by Gasteiger charge is -2.27. The summed E-state index contributed by atoms with van der Waals surface area (Å²) in [5.41, 5.74) is 1.20. The third kappa shape index (κ3) is 3.18. The van der Waals surface area contributed by atoms with Gasteiger partial charge in [-0.2, -0.15) is 0 Å². The first-order chi connectivity index (χ1) is 9.54. The Labute approximate surface area is 119 Å². The van der Waals surface area contributed by atoms with Gasteiger partial charge in [-0.1, -0.05) is 37.3 Å². The van der Waals surface area contributed by atoms with Gasteiger partial charge in [-0.3, -0.25) is 9.59 Å². The molecule has 0 bridgehead atoms. The molecule has 0 spiro atoms. The van der Waals surface area contributed by atoms with E-state index in [4.69, 9.17) is 5.11 Å². The smallest absolute Gasteiger partial charge is 0.307 e. The topological polar surface area (TPSA) is 57.6 Å². The summed E-state index contributed by atoms with van der Waals surface area (Å²) in [4.78, 5) is 24.9. The van der Waals surface area contributed by atoms with Crippen LogP contribution >= 0.6 is 0 Å². The van der Waals surface area contributed by atoms with E-state index in [-0.39, 0.29) is 17.9 Å². The fourth-order valence-electron chi connectivity index (χ4n) is 2.62. The molecule has 1 amide bonds. The Bertz CT molecular complexity index is 486. The number of likely N-dealkylation sites (N-methyl/N-ethyl adjacent to an activating group) is 1. The van der Waals surface area contributed by atoms with Crippen LogP contribution in [0.2, 0.25) is 0 Å². The standard InChI is InChI=1S/C16H21NO3/c1-3-12(9-11-7-5-4-6-8-11)17(2)15(18)13-10-14(13)16(19)20/h4-8,12-14H,3,9-10H2,1-2H3,(H,19,20). The highest BCUT2D eigenvalue weighted by molar-refractivity contribution is 5.89. The summed E-state index contributed by atoms with van der Waals surface area (Å²) in [5.74, 6) is -1.67. The normalized spacial score (nSPS) is 22.1. The van der Waals surface area contributed by atoms with Gasteiger partial charge in [0.2, 0.25) is 5.91 Å². The maximum Gasteiger partial charge on any atom is 0.307 e. The molecule has 3 unspecified atom stereocenters. The quantitative estimate of drug-likeness (QED) is 0.865. The number of amides is 1. The highest BCUT2D eigenvalue weighted by atomic mass is 16.4. The average Bonchev–Trinajstić information content (AvgIpc) is 3.25. The molecule has 0 aliphatic heterocycles. The Hall–Kier alpha value is -1.84. The van der Waals surface area contributed by atoms with Gasteiger partial charge < -0.3 is 10.0 Å². The summed E-state index contributed by atoms with van der Waals surface area (Å²) in [6.45, 7) is 2.05. The molecule has 2 rings (SSSR count). The Morgan fingerprint density at radius 3 is 2.45 bits per heavy atom. The highest BCUT2D eigenvalue weighted by Crippen LogP contribution is 2.40. The molecule has 0 radical (unpaired) electrons. The molecule has 3 atom stereocenters. The Kier molecular flexibility index (Phi) is 4.42. The monoisotopic (exact) mass is 275 g/mol. The number of hydrogen-bond acceptors (Lipinski definition) is 2. The van der Waals surface area contributed by atoms with Crippen molar-refractivity contribution in [2.24, 2.45) is 11.8 Å². The van der Waals surface area contributed by atoms with E-state index in [0.717, 1.165) is 12.8 Å². The molecule has 108 valence electrons. The lowest BCUT2D eigenvalue weighted by atomic mass is 10.0. The average molecular weight is 275 g/mol. The zero-order valence-electron chi connectivity index (χ0n) is 12.0. The summed E-state index contributed by atoms with van der Waals surface area (Å²) in [7, 11) is 1.79. The summed E-state index contributed by atoms with van der Waals surface area (Å²) in [5, 5.41) is 8.91. The summed E-state index contributed by atoms with van der Waals surface area (Å²) >= 11 is 0. The number of nitrogens with zero attached hydrogens (tertiary/aromatic N) is 1. The van der Waals surface area contributed by atoms with Crippen molar-refractivity contribution in [1.82, 2.24) is 4.90 Å². The maximum atomic E-state index is 12.3. The minimum atomic E-state index is -0.854. The van der Waals surface area contributed by atoms with Gasteiger partial charge in [0, 0.05) is 13.1 Å². The fourth-order valence-corrected chi connectivity index (χ4v) is 2.62. The van der Waals surface area contributed by atoms with Gasteiger partial charge in [0.1, 0.15) is 0 Å². The zero-order chi connectivity index (χ0) is 14.7. The summed E-state index contributed by atoms with van der Waals surface area (Å²) < 4.78 is 0. The van der Waals surface area contributed by atoms with Gasteiger partial charge in [-0.15, -0.1) is 0 Å². The minimum Gasteiger partial charge on any atom is -0.481 e. The molecule has 4 nitrogen and oxygen atoms in total. The number of carboxylic acid groups (broad SMARTS) is 1. The van der Waals surface area contributed by atoms with Crippen LogP contribution in [0.4, 0.5) is 0 Å². The molecule has 1 aromatic rings. The van der Waals surface area contributed by atoms with Crippen LogP contribution in [0.1, 0.15) is 25.3 Å². The number of carboxylic acids is 1. The second-order valence-corrected chi connectivity index (χ2v) is 5.49. The third-order valence-electron chi connectivity index (χ3n) is 4.11. The van der Waals surface area contributed by atoms with Gasteiger partial charge in [-0.25, -0.2) is 0 Å². The first-order valence-corrected chi connectivity index (χ1v) is 7.08. The van der Waals surface area contributed by atoms with Crippen LogP contribution in [0.5, 0.6) is 0 Å². The number of benzene rings is 1. The molecule has 0 aromatic heterocycles. The van der Waals surface area contributed by atoms with Gasteiger partial charge in [0.25, 0.3) is 0 Å². The van der Waals surface area contributed by atoms with E-state index in [1.165, 1.54) is 5.56 Å². The molecule has 1 aromatic carbocycles. The van der Waals surface area contributed by atoms with Crippen molar-refractivity contribution in [2.45, 2.75) is 32.2 Å². The van der Waals surface area contributed by atoms with Crippen LogP contribution < -0.4 is 0 Å². The molecule has 0 saturated heterocycles. The third-order valence-corrected chi connectivity index (χ3v) is 4.11. The second kappa shape index (κ2) is 6.07. The second-order valence-electron chi connectivity index (χ2n) is 5.49. The summed E-state index contributed by atoms with van der Waals surface area (Å²) in [6.07, 6.45) is 2.16. The van der Waals surface area contributed by atoms with E-state index in [1.807, 2.05) is 18.2 Å². The van der Waals surface area contributed by atoms with Crippen molar-refractivity contribution in [3.8, 4) is 0 Å². The van der Waals surface area contributed by atoms with Crippen LogP contribution in [0.25, 0.3) is 0 Å². The molecule has 1 aliphatic rings. The lowest BCUT2D eigenvalue weighted by molar-refractivity contribution is -0.142. The van der Waals surface area contributed by atoms with Gasteiger partial charge in [-0.05, 0) is 24.8 Å². The van der Waals surface area contributed by atoms with E-state index in [0.29, 0.717) is 6.42 Å². The predicted molar refractivity (Wildman–Crippen MR) is 76.2 cm³/mol. The van der Waals surface area contributed by atoms with Crippen LogP contribution in [0, 0.1) is 11.8 Å². The van der Waals surface area contributed by atoms with Crippen molar-refractivity contribution in [3.05, 3.63) is 35.9 Å². The minimum absolute atomic E-state index is 0.0276. The largest absolute Gasteiger partial charge is 0.481 e. The Morgan fingerprint density at radius 2 is 1.95 bits per heavy atom. The molecule has 1 saturated carbocycles. The number of carbonyl (C=O) groups excluding carboxylic acids is 1. The van der Waals surface area contributed by atoms with Gasteiger partial charge in [0.15, 0.2) is 0 Å². The molecular weight excluding hydrogens is 254 g/mol. The first-order valence-electron chi connectivity index (χ1n) is 7.08. The van der Waals surface area contributed by atoms with Crippen molar-refractivity contribution in [3.63, 3.8) is 0 Å². The first kappa shape index (κ1) is 14.6. The maximum absolute atomic E-state index is 12.3. The van der Waals surface area contributed by atoms with E-state index in [9.17, 15) is 9.59 Å². The number of carbonyl (C=O) groups is 2. The van der Waals surface area contributed by atoms with Crippen molar-refractivity contribution < 1.29 is 14.7 Å². The Morgan fingerprint density at radius 1 is 1.30 bits per heavy atom. The van der Waals surface area contributed by atoms with E-state index >= 15 is 0 Å².